The van der Waals surface area contributed by atoms with Gasteiger partial charge in [0.2, 0.25) is 5.91 Å². The first-order valence-electron chi connectivity index (χ1n) is 9.78. The number of hydrogen-bond donors (Lipinski definition) is 1. The van der Waals surface area contributed by atoms with Gasteiger partial charge in [-0.25, -0.2) is 4.39 Å². The summed E-state index contributed by atoms with van der Waals surface area (Å²) in [4.78, 5) is 16.8. The van der Waals surface area contributed by atoms with Crippen molar-refractivity contribution >= 4 is 17.5 Å². The third-order valence-electron chi connectivity index (χ3n) is 5.46. The van der Waals surface area contributed by atoms with Gasteiger partial charge in [0.15, 0.2) is 0 Å². The Morgan fingerprint density at radius 1 is 1.08 bits per heavy atom. The summed E-state index contributed by atoms with van der Waals surface area (Å²) in [6, 6.07) is 4.94. The number of hydrogen-bond acceptors (Lipinski definition) is 3. The van der Waals surface area contributed by atoms with E-state index in [9.17, 15) is 9.18 Å². The largest absolute Gasteiger partial charge is 0.352 e. The van der Waals surface area contributed by atoms with Crippen LogP contribution in [-0.4, -0.2) is 54.5 Å². The van der Waals surface area contributed by atoms with Gasteiger partial charge in [-0.3, -0.25) is 14.6 Å². The molecule has 1 aliphatic carbocycles. The van der Waals surface area contributed by atoms with Crippen LogP contribution in [0.1, 0.15) is 44.1 Å². The van der Waals surface area contributed by atoms with Gasteiger partial charge in [-0.1, -0.05) is 43.4 Å². The highest BCUT2D eigenvalue weighted by atomic mass is 35.5. The first kappa shape index (κ1) is 19.6. The van der Waals surface area contributed by atoms with Gasteiger partial charge in [0.05, 0.1) is 6.54 Å². The molecule has 1 aromatic carbocycles. The highest BCUT2D eigenvalue weighted by Gasteiger charge is 2.21. The lowest BCUT2D eigenvalue weighted by atomic mass is 10.1. The Hall–Kier alpha value is -1.17. The van der Waals surface area contributed by atoms with E-state index >= 15 is 0 Å². The number of halogens is 2. The molecule has 0 radical (unpaired) electrons. The molecule has 144 valence electrons. The zero-order chi connectivity index (χ0) is 18.4. The van der Waals surface area contributed by atoms with E-state index in [2.05, 4.69) is 15.1 Å². The lowest BCUT2D eigenvalue weighted by Crippen LogP contribution is -2.50. The number of rotatable bonds is 5. The zero-order valence-electron chi connectivity index (χ0n) is 15.4. The Kier molecular flexibility index (Phi) is 7.29. The van der Waals surface area contributed by atoms with Crippen LogP contribution >= 0.6 is 11.6 Å². The number of carbonyl (C=O) groups is 1. The van der Waals surface area contributed by atoms with Crippen LogP contribution in [0.15, 0.2) is 18.2 Å². The van der Waals surface area contributed by atoms with Gasteiger partial charge in [0, 0.05) is 43.8 Å². The molecule has 1 saturated carbocycles. The van der Waals surface area contributed by atoms with Crippen molar-refractivity contribution in [1.29, 1.82) is 0 Å². The molecule has 0 aromatic heterocycles. The van der Waals surface area contributed by atoms with E-state index in [-0.39, 0.29) is 11.7 Å². The normalized spacial score (nSPS) is 20.7. The molecule has 1 N–H and O–H groups in total. The number of benzene rings is 1. The van der Waals surface area contributed by atoms with Gasteiger partial charge < -0.3 is 5.32 Å². The SMILES string of the molecule is O=C(CN1CCN(Cc2ccc(F)cc2Cl)CC1)NC1CCCCCC1. The summed E-state index contributed by atoms with van der Waals surface area (Å²) in [5.41, 5.74) is 0.952. The predicted molar refractivity (Wildman–Crippen MR) is 103 cm³/mol. The fraction of sp³-hybridized carbons (Fsp3) is 0.650. The monoisotopic (exact) mass is 381 g/mol. The Labute approximate surface area is 160 Å². The van der Waals surface area contributed by atoms with Crippen molar-refractivity contribution in [3.8, 4) is 0 Å². The highest BCUT2D eigenvalue weighted by molar-refractivity contribution is 6.31. The molecule has 2 aliphatic rings. The van der Waals surface area contributed by atoms with Crippen LogP contribution in [0, 0.1) is 5.82 Å². The van der Waals surface area contributed by atoms with E-state index in [1.54, 1.807) is 6.07 Å². The summed E-state index contributed by atoms with van der Waals surface area (Å²) in [5.74, 6) is -0.143. The predicted octanol–water partition coefficient (Wildman–Crippen LogP) is 3.44. The Balaban J connectivity index is 1.39. The molecule has 0 atom stereocenters. The lowest BCUT2D eigenvalue weighted by molar-refractivity contribution is -0.123. The fourth-order valence-electron chi connectivity index (χ4n) is 3.90. The molecule has 1 aliphatic heterocycles. The molecule has 1 amide bonds. The second kappa shape index (κ2) is 9.67. The lowest BCUT2D eigenvalue weighted by Gasteiger charge is -2.34. The number of amides is 1. The van der Waals surface area contributed by atoms with Crippen LogP contribution in [-0.2, 0) is 11.3 Å². The first-order chi connectivity index (χ1) is 12.6. The van der Waals surface area contributed by atoms with E-state index in [1.165, 1.54) is 37.8 Å². The minimum atomic E-state index is -0.303. The van der Waals surface area contributed by atoms with E-state index in [1.807, 2.05) is 0 Å². The van der Waals surface area contributed by atoms with Crippen molar-refractivity contribution in [2.75, 3.05) is 32.7 Å². The van der Waals surface area contributed by atoms with E-state index in [0.717, 1.165) is 51.1 Å². The van der Waals surface area contributed by atoms with Gasteiger partial charge in [0.25, 0.3) is 0 Å². The Bertz CT molecular complexity index is 597. The standard InChI is InChI=1S/C20H29ClFN3O/c21-19-13-17(22)8-7-16(19)14-24-9-11-25(12-10-24)15-20(26)23-18-5-3-1-2-4-6-18/h7-8,13,18H,1-6,9-12,14-15H2,(H,23,26). The summed E-state index contributed by atoms with van der Waals surface area (Å²) in [7, 11) is 0. The topological polar surface area (TPSA) is 35.6 Å². The van der Waals surface area contributed by atoms with Crippen LogP contribution in [0.2, 0.25) is 5.02 Å². The maximum absolute atomic E-state index is 13.1. The molecule has 1 aromatic rings. The van der Waals surface area contributed by atoms with Crippen LogP contribution in [0.4, 0.5) is 4.39 Å². The molecule has 6 heteroatoms. The molecule has 1 saturated heterocycles. The average Bonchev–Trinajstić information content (AvgIpc) is 2.87. The maximum atomic E-state index is 13.1. The fourth-order valence-corrected chi connectivity index (χ4v) is 4.12. The Morgan fingerprint density at radius 2 is 1.73 bits per heavy atom. The first-order valence-corrected chi connectivity index (χ1v) is 10.2. The quantitative estimate of drug-likeness (QED) is 0.793. The van der Waals surface area contributed by atoms with Crippen molar-refractivity contribution in [1.82, 2.24) is 15.1 Å². The van der Waals surface area contributed by atoms with Gasteiger partial charge in [-0.15, -0.1) is 0 Å². The minimum absolute atomic E-state index is 0.159. The van der Waals surface area contributed by atoms with Gasteiger partial charge in [0.1, 0.15) is 5.82 Å². The third-order valence-corrected chi connectivity index (χ3v) is 5.81. The number of nitrogens with one attached hydrogen (secondary N) is 1. The Morgan fingerprint density at radius 3 is 2.38 bits per heavy atom. The molecule has 3 rings (SSSR count). The summed E-state index contributed by atoms with van der Waals surface area (Å²) >= 11 is 6.12. The van der Waals surface area contributed by atoms with Crippen LogP contribution in [0.5, 0.6) is 0 Å². The highest BCUT2D eigenvalue weighted by Crippen LogP contribution is 2.20. The molecular weight excluding hydrogens is 353 g/mol. The molecule has 26 heavy (non-hydrogen) atoms. The van der Waals surface area contributed by atoms with Gasteiger partial charge in [-0.05, 0) is 30.5 Å². The molecular formula is C20H29ClFN3O. The van der Waals surface area contributed by atoms with Gasteiger partial charge >= 0.3 is 0 Å². The van der Waals surface area contributed by atoms with Crippen molar-refractivity contribution in [2.24, 2.45) is 0 Å². The summed E-state index contributed by atoms with van der Waals surface area (Å²) in [5, 5.41) is 3.70. The molecule has 4 nitrogen and oxygen atoms in total. The smallest absolute Gasteiger partial charge is 0.234 e. The maximum Gasteiger partial charge on any atom is 0.234 e. The number of nitrogens with zero attached hydrogens (tertiary/aromatic N) is 2. The summed E-state index contributed by atoms with van der Waals surface area (Å²) < 4.78 is 13.1. The van der Waals surface area contributed by atoms with Crippen molar-refractivity contribution in [3.05, 3.63) is 34.6 Å². The number of carbonyl (C=O) groups excluding carboxylic acids is 1. The molecule has 1 heterocycles. The van der Waals surface area contributed by atoms with E-state index in [4.69, 9.17) is 11.6 Å². The van der Waals surface area contributed by atoms with Crippen LogP contribution in [0.25, 0.3) is 0 Å². The third kappa shape index (κ3) is 5.93. The minimum Gasteiger partial charge on any atom is -0.352 e. The van der Waals surface area contributed by atoms with E-state index < -0.39 is 0 Å². The second-order valence-corrected chi connectivity index (χ2v) is 7.95. The second-order valence-electron chi connectivity index (χ2n) is 7.54. The molecule has 2 fully saturated rings. The van der Waals surface area contributed by atoms with Crippen molar-refractivity contribution in [3.63, 3.8) is 0 Å². The van der Waals surface area contributed by atoms with E-state index in [0.29, 0.717) is 17.6 Å². The van der Waals surface area contributed by atoms with Crippen molar-refractivity contribution in [2.45, 2.75) is 51.1 Å². The average molecular weight is 382 g/mol. The zero-order valence-corrected chi connectivity index (χ0v) is 16.1. The van der Waals surface area contributed by atoms with Crippen LogP contribution < -0.4 is 5.32 Å². The van der Waals surface area contributed by atoms with Gasteiger partial charge in [-0.2, -0.15) is 0 Å². The molecule has 0 spiro atoms. The molecule has 0 bridgehead atoms. The van der Waals surface area contributed by atoms with Crippen molar-refractivity contribution < 1.29 is 9.18 Å². The molecule has 0 unspecified atom stereocenters. The summed E-state index contributed by atoms with van der Waals surface area (Å²) in [6.07, 6.45) is 7.31. The number of piperazine rings is 1. The van der Waals surface area contributed by atoms with Crippen LogP contribution in [0.3, 0.4) is 0 Å². The summed E-state index contributed by atoms with van der Waals surface area (Å²) in [6.45, 7) is 4.74.